The predicted molar refractivity (Wildman–Crippen MR) is 81.0 cm³/mol. The zero-order chi connectivity index (χ0) is 15.0. The first-order valence-electron chi connectivity index (χ1n) is 6.67. The summed E-state index contributed by atoms with van der Waals surface area (Å²) in [6.45, 7) is 0. The van der Waals surface area contributed by atoms with Crippen LogP contribution in [0.15, 0.2) is 36.4 Å². The fourth-order valence-electron chi connectivity index (χ4n) is 2.59. The summed E-state index contributed by atoms with van der Waals surface area (Å²) in [6, 6.07) is 10.5. The molecular formula is C16H16ClNO3. The van der Waals surface area contributed by atoms with E-state index in [1.807, 2.05) is 18.2 Å². The van der Waals surface area contributed by atoms with Crippen LogP contribution in [0, 0.1) is 0 Å². The zero-order valence-electron chi connectivity index (χ0n) is 11.5. The Morgan fingerprint density at radius 1 is 1.29 bits per heavy atom. The molecule has 1 aliphatic rings. The number of nitrogens with two attached hydrogens (primary N) is 1. The van der Waals surface area contributed by atoms with Gasteiger partial charge >= 0.3 is 0 Å². The van der Waals surface area contributed by atoms with Gasteiger partial charge in [-0.2, -0.15) is 0 Å². The summed E-state index contributed by atoms with van der Waals surface area (Å²) in [5, 5.41) is 10.5. The quantitative estimate of drug-likeness (QED) is 0.890. The molecule has 0 spiro atoms. The minimum absolute atomic E-state index is 0.0917. The first kappa shape index (κ1) is 14.0. The molecule has 1 unspecified atom stereocenters. The number of hydrogen-bond donors (Lipinski definition) is 2. The van der Waals surface area contributed by atoms with Crippen LogP contribution in [0.25, 0.3) is 0 Å². The average Bonchev–Trinajstić information content (AvgIpc) is 2.47. The molecule has 110 valence electrons. The van der Waals surface area contributed by atoms with Gasteiger partial charge in [0.15, 0.2) is 11.5 Å². The lowest BCUT2D eigenvalue weighted by Gasteiger charge is -2.30. The fraction of sp³-hybridized carbons (Fsp3) is 0.250. The van der Waals surface area contributed by atoms with Gasteiger partial charge in [-0.3, -0.25) is 0 Å². The Hall–Kier alpha value is -1.91. The number of fused-ring (bicyclic) bond motifs is 1. The van der Waals surface area contributed by atoms with Crippen LogP contribution >= 0.6 is 11.6 Å². The molecule has 3 rings (SSSR count). The lowest BCUT2D eigenvalue weighted by molar-refractivity contribution is 0.161. The van der Waals surface area contributed by atoms with Gasteiger partial charge in [0.25, 0.3) is 0 Å². The van der Waals surface area contributed by atoms with Crippen LogP contribution < -0.4 is 15.2 Å². The van der Waals surface area contributed by atoms with Gasteiger partial charge in [-0.25, -0.2) is 0 Å². The molecule has 2 atom stereocenters. The third kappa shape index (κ3) is 2.64. The van der Waals surface area contributed by atoms with E-state index in [9.17, 15) is 5.11 Å². The van der Waals surface area contributed by atoms with E-state index >= 15 is 0 Å². The number of hydrogen-bond acceptors (Lipinski definition) is 4. The Morgan fingerprint density at radius 2 is 2.10 bits per heavy atom. The summed E-state index contributed by atoms with van der Waals surface area (Å²) in [6.07, 6.45) is 0.421. The van der Waals surface area contributed by atoms with Crippen molar-refractivity contribution in [1.82, 2.24) is 0 Å². The monoisotopic (exact) mass is 305 g/mol. The molecule has 2 aromatic rings. The smallest absolute Gasteiger partial charge is 0.160 e. The van der Waals surface area contributed by atoms with Crippen LogP contribution in [0.5, 0.6) is 17.2 Å². The Morgan fingerprint density at radius 3 is 2.81 bits per heavy atom. The molecular weight excluding hydrogens is 290 g/mol. The third-order valence-electron chi connectivity index (χ3n) is 3.68. The van der Waals surface area contributed by atoms with E-state index in [4.69, 9.17) is 26.8 Å². The molecule has 0 radical (unpaired) electrons. The lowest BCUT2D eigenvalue weighted by Crippen LogP contribution is -2.24. The lowest BCUT2D eigenvalue weighted by atomic mass is 9.93. The van der Waals surface area contributed by atoms with Crippen molar-refractivity contribution in [2.45, 2.75) is 18.6 Å². The molecule has 0 bridgehead atoms. The second kappa shape index (κ2) is 5.47. The first-order chi connectivity index (χ1) is 10.1. The highest BCUT2D eigenvalue weighted by molar-refractivity contribution is 6.30. The van der Waals surface area contributed by atoms with Crippen molar-refractivity contribution in [3.8, 4) is 17.2 Å². The molecule has 0 saturated carbocycles. The summed E-state index contributed by atoms with van der Waals surface area (Å²) in [4.78, 5) is 0. The molecule has 21 heavy (non-hydrogen) atoms. The molecule has 2 aromatic carbocycles. The van der Waals surface area contributed by atoms with Gasteiger partial charge in [0, 0.05) is 23.0 Å². The van der Waals surface area contributed by atoms with Crippen molar-refractivity contribution in [3.05, 3.63) is 52.5 Å². The topological polar surface area (TPSA) is 64.7 Å². The van der Waals surface area contributed by atoms with Crippen molar-refractivity contribution >= 4 is 11.6 Å². The standard InChI is InChI=1S/C16H16ClNO3/c1-20-15-4-2-9(6-13(15)19)16-8-12(18)11-7-10(17)3-5-14(11)21-16/h2-7,12,16,19H,8,18H2,1H3/t12-,16?/m1/s1. The summed E-state index contributed by atoms with van der Waals surface area (Å²) in [5.74, 6) is 1.26. The summed E-state index contributed by atoms with van der Waals surface area (Å²) in [7, 11) is 1.52. The molecule has 0 aliphatic carbocycles. The number of phenols is 1. The Kier molecular flexibility index (Phi) is 3.66. The number of ether oxygens (including phenoxy) is 2. The van der Waals surface area contributed by atoms with Crippen LogP contribution in [0.1, 0.15) is 29.7 Å². The molecule has 0 fully saturated rings. The van der Waals surface area contributed by atoms with Gasteiger partial charge in [-0.1, -0.05) is 17.7 Å². The molecule has 1 aliphatic heterocycles. The Balaban J connectivity index is 1.92. The summed E-state index contributed by atoms with van der Waals surface area (Å²) in [5.41, 5.74) is 7.99. The summed E-state index contributed by atoms with van der Waals surface area (Å²) < 4.78 is 11.0. The normalized spacial score (nSPS) is 20.5. The van der Waals surface area contributed by atoms with Crippen LogP contribution in [0.3, 0.4) is 0 Å². The molecule has 0 saturated heterocycles. The van der Waals surface area contributed by atoms with Crippen molar-refractivity contribution in [1.29, 1.82) is 0 Å². The van der Waals surface area contributed by atoms with E-state index in [-0.39, 0.29) is 17.9 Å². The van der Waals surface area contributed by atoms with E-state index in [2.05, 4.69) is 0 Å². The predicted octanol–water partition coefficient (Wildman–Crippen LogP) is 3.58. The molecule has 3 N–H and O–H groups in total. The number of rotatable bonds is 2. The van der Waals surface area contributed by atoms with E-state index in [1.54, 1.807) is 18.2 Å². The van der Waals surface area contributed by atoms with Gasteiger partial charge in [0.1, 0.15) is 11.9 Å². The number of aromatic hydroxyl groups is 1. The van der Waals surface area contributed by atoms with E-state index in [0.29, 0.717) is 17.2 Å². The van der Waals surface area contributed by atoms with E-state index in [0.717, 1.165) is 16.9 Å². The van der Waals surface area contributed by atoms with E-state index in [1.165, 1.54) is 7.11 Å². The van der Waals surface area contributed by atoms with Crippen LogP contribution in [-0.2, 0) is 0 Å². The number of halogens is 1. The van der Waals surface area contributed by atoms with Gasteiger partial charge < -0.3 is 20.3 Å². The number of methoxy groups -OCH3 is 1. The van der Waals surface area contributed by atoms with Crippen LogP contribution in [-0.4, -0.2) is 12.2 Å². The third-order valence-corrected chi connectivity index (χ3v) is 3.92. The first-order valence-corrected chi connectivity index (χ1v) is 7.05. The average molecular weight is 306 g/mol. The second-order valence-electron chi connectivity index (χ2n) is 5.06. The highest BCUT2D eigenvalue weighted by atomic mass is 35.5. The second-order valence-corrected chi connectivity index (χ2v) is 5.50. The van der Waals surface area contributed by atoms with Gasteiger partial charge in [0.2, 0.25) is 0 Å². The maximum Gasteiger partial charge on any atom is 0.160 e. The van der Waals surface area contributed by atoms with Gasteiger partial charge in [-0.15, -0.1) is 0 Å². The summed E-state index contributed by atoms with van der Waals surface area (Å²) >= 11 is 5.99. The number of phenolic OH excluding ortho intramolecular Hbond substituents is 1. The van der Waals surface area contributed by atoms with Gasteiger partial charge in [-0.05, 0) is 35.9 Å². The maximum atomic E-state index is 9.89. The molecule has 5 heteroatoms. The highest BCUT2D eigenvalue weighted by Crippen LogP contribution is 2.42. The van der Waals surface area contributed by atoms with Gasteiger partial charge in [0.05, 0.1) is 7.11 Å². The minimum Gasteiger partial charge on any atom is -0.504 e. The largest absolute Gasteiger partial charge is 0.504 e. The van der Waals surface area contributed by atoms with Crippen molar-refractivity contribution in [2.75, 3.05) is 7.11 Å². The maximum absolute atomic E-state index is 9.89. The highest BCUT2D eigenvalue weighted by Gasteiger charge is 2.27. The van der Waals surface area contributed by atoms with Crippen molar-refractivity contribution in [3.63, 3.8) is 0 Å². The minimum atomic E-state index is -0.203. The van der Waals surface area contributed by atoms with Crippen LogP contribution in [0.4, 0.5) is 0 Å². The molecule has 1 heterocycles. The molecule has 4 nitrogen and oxygen atoms in total. The zero-order valence-corrected chi connectivity index (χ0v) is 12.3. The van der Waals surface area contributed by atoms with Crippen molar-refractivity contribution < 1.29 is 14.6 Å². The van der Waals surface area contributed by atoms with E-state index < -0.39 is 0 Å². The van der Waals surface area contributed by atoms with Crippen LogP contribution in [0.2, 0.25) is 5.02 Å². The number of benzene rings is 2. The Labute approximate surface area is 128 Å². The van der Waals surface area contributed by atoms with Crippen molar-refractivity contribution in [2.24, 2.45) is 5.73 Å². The molecule has 0 amide bonds. The fourth-order valence-corrected chi connectivity index (χ4v) is 2.77. The SMILES string of the molecule is COc1ccc(C2C[C@@H](N)c3cc(Cl)ccc3O2)cc1O. The molecule has 0 aromatic heterocycles. The Bertz CT molecular complexity index is 675.